The van der Waals surface area contributed by atoms with Crippen LogP contribution in [-0.4, -0.2) is 59.7 Å². The Morgan fingerprint density at radius 1 is 1.26 bits per heavy atom. The Hall–Kier alpha value is -2.51. The van der Waals surface area contributed by atoms with E-state index in [-0.39, 0.29) is 11.9 Å². The number of nitrogens with zero attached hydrogens (tertiary/aromatic N) is 3. The molecule has 13 heteroatoms. The van der Waals surface area contributed by atoms with Crippen molar-refractivity contribution in [3.8, 4) is 0 Å². The largest absolute Gasteiger partial charge is 0.490 e. The average molecular weight is 466 g/mol. The van der Waals surface area contributed by atoms with E-state index in [1.807, 2.05) is 10.7 Å². The number of carboxylic acid groups (broad SMARTS) is 1. The van der Waals surface area contributed by atoms with Gasteiger partial charge in [0.15, 0.2) is 0 Å². The Morgan fingerprint density at radius 2 is 1.87 bits per heavy atom. The zero-order valence-electron chi connectivity index (χ0n) is 16.5. The second-order valence-electron chi connectivity index (χ2n) is 6.98. The van der Waals surface area contributed by atoms with Gasteiger partial charge in [-0.2, -0.15) is 18.3 Å². The highest BCUT2D eigenvalue weighted by molar-refractivity contribution is 7.88. The molecule has 2 aromatic rings. The minimum atomic E-state index is -5.08. The molecule has 0 bridgehead atoms. The number of alkyl halides is 3. The number of aliphatic carboxylic acids is 1. The van der Waals surface area contributed by atoms with Crippen molar-refractivity contribution >= 4 is 16.0 Å². The summed E-state index contributed by atoms with van der Waals surface area (Å²) in [6.45, 7) is 2.65. The van der Waals surface area contributed by atoms with Gasteiger partial charge < -0.3 is 5.11 Å². The minimum absolute atomic E-state index is 0.110. The Balaban J connectivity index is 0.000000423. The Bertz CT molecular complexity index is 977. The third-order valence-electron chi connectivity index (χ3n) is 4.36. The van der Waals surface area contributed by atoms with E-state index in [9.17, 15) is 26.0 Å². The molecule has 1 atom stereocenters. The third kappa shape index (κ3) is 8.26. The molecule has 1 unspecified atom stereocenters. The smallest absolute Gasteiger partial charge is 0.475 e. The van der Waals surface area contributed by atoms with Crippen LogP contribution in [0.4, 0.5) is 17.6 Å². The van der Waals surface area contributed by atoms with Crippen LogP contribution in [0, 0.1) is 5.82 Å². The van der Waals surface area contributed by atoms with Gasteiger partial charge in [-0.1, -0.05) is 12.1 Å². The summed E-state index contributed by atoms with van der Waals surface area (Å²) in [6, 6.07) is 8.61. The summed E-state index contributed by atoms with van der Waals surface area (Å²) in [6.07, 6.45) is -1.48. The number of fused-ring (bicyclic) bond motifs is 1. The highest BCUT2D eigenvalue weighted by atomic mass is 32.2. The van der Waals surface area contributed by atoms with Gasteiger partial charge in [0.05, 0.1) is 18.0 Å². The van der Waals surface area contributed by atoms with E-state index in [0.717, 1.165) is 37.1 Å². The summed E-state index contributed by atoms with van der Waals surface area (Å²) >= 11 is 0. The molecule has 0 spiro atoms. The fourth-order valence-electron chi connectivity index (χ4n) is 3.06. The first kappa shape index (κ1) is 24.8. The van der Waals surface area contributed by atoms with Gasteiger partial charge in [0.1, 0.15) is 5.82 Å². The zero-order chi connectivity index (χ0) is 23.2. The summed E-state index contributed by atoms with van der Waals surface area (Å²) in [5, 5.41) is 11.5. The highest BCUT2D eigenvalue weighted by Gasteiger charge is 2.38. The molecule has 0 aliphatic carbocycles. The predicted molar refractivity (Wildman–Crippen MR) is 103 cm³/mol. The van der Waals surface area contributed by atoms with Crippen molar-refractivity contribution in [3.05, 3.63) is 53.6 Å². The first-order valence-electron chi connectivity index (χ1n) is 9.09. The van der Waals surface area contributed by atoms with Crippen molar-refractivity contribution < 1.29 is 35.9 Å². The molecule has 1 aromatic carbocycles. The van der Waals surface area contributed by atoms with Gasteiger partial charge in [-0.25, -0.2) is 22.3 Å². The van der Waals surface area contributed by atoms with Crippen molar-refractivity contribution in [2.24, 2.45) is 0 Å². The molecule has 1 aromatic heterocycles. The van der Waals surface area contributed by atoms with Crippen LogP contribution >= 0.6 is 0 Å². The summed E-state index contributed by atoms with van der Waals surface area (Å²) in [7, 11) is -3.18. The molecule has 3 rings (SSSR count). The average Bonchev–Trinajstić information content (AvgIpc) is 3.11. The van der Waals surface area contributed by atoms with Crippen LogP contribution < -0.4 is 4.72 Å². The minimum Gasteiger partial charge on any atom is -0.475 e. The molecule has 2 heterocycles. The van der Waals surface area contributed by atoms with E-state index >= 15 is 0 Å². The van der Waals surface area contributed by atoms with Crippen LogP contribution in [0.2, 0.25) is 0 Å². The number of carboxylic acids is 1. The highest BCUT2D eigenvalue weighted by Crippen LogP contribution is 2.24. The quantitative estimate of drug-likeness (QED) is 0.633. The number of aromatic nitrogens is 2. The van der Waals surface area contributed by atoms with Crippen LogP contribution in [0.15, 0.2) is 36.5 Å². The molecule has 1 aliphatic heterocycles. The molecule has 2 N–H and O–H groups in total. The second kappa shape index (κ2) is 10.2. The molecular weight excluding hydrogens is 444 g/mol. The number of hydrogen-bond donors (Lipinski definition) is 2. The summed E-state index contributed by atoms with van der Waals surface area (Å²) in [5.41, 5.74) is 2.16. The molecule has 8 nitrogen and oxygen atoms in total. The molecule has 0 fully saturated rings. The van der Waals surface area contributed by atoms with E-state index in [2.05, 4.69) is 14.7 Å². The van der Waals surface area contributed by atoms with E-state index in [4.69, 9.17) is 9.90 Å². The SMILES string of the molecule is CS(=O)(=O)NCCC1CN(Cc2ccc(F)cc2)Cc2ccnn21.O=C(O)C(F)(F)F. The zero-order valence-corrected chi connectivity index (χ0v) is 17.3. The van der Waals surface area contributed by atoms with Crippen molar-refractivity contribution in [2.45, 2.75) is 31.7 Å². The van der Waals surface area contributed by atoms with Crippen LogP contribution in [0.1, 0.15) is 23.7 Å². The number of hydrogen-bond acceptors (Lipinski definition) is 5. The van der Waals surface area contributed by atoms with E-state index < -0.39 is 22.2 Å². The maximum absolute atomic E-state index is 13.0. The van der Waals surface area contributed by atoms with E-state index in [1.165, 1.54) is 12.1 Å². The topological polar surface area (TPSA) is 105 Å². The van der Waals surface area contributed by atoms with Crippen LogP contribution in [0.5, 0.6) is 0 Å². The molecule has 0 saturated carbocycles. The fraction of sp³-hybridized carbons (Fsp3) is 0.444. The van der Waals surface area contributed by atoms with Gasteiger partial charge in [-0.05, 0) is 30.2 Å². The number of rotatable bonds is 6. The molecule has 0 radical (unpaired) electrons. The van der Waals surface area contributed by atoms with Crippen molar-refractivity contribution in [2.75, 3.05) is 19.3 Å². The Morgan fingerprint density at radius 3 is 2.42 bits per heavy atom. The number of halogens is 4. The molecular formula is C18H22F4N4O4S. The van der Waals surface area contributed by atoms with Crippen molar-refractivity contribution in [1.82, 2.24) is 19.4 Å². The van der Waals surface area contributed by atoms with Crippen molar-refractivity contribution in [3.63, 3.8) is 0 Å². The van der Waals surface area contributed by atoms with E-state index in [0.29, 0.717) is 13.0 Å². The Labute approximate surface area is 176 Å². The molecule has 31 heavy (non-hydrogen) atoms. The molecule has 0 amide bonds. The summed E-state index contributed by atoms with van der Waals surface area (Å²) in [5.74, 6) is -2.99. The lowest BCUT2D eigenvalue weighted by Crippen LogP contribution is -2.38. The van der Waals surface area contributed by atoms with Gasteiger partial charge in [-0.3, -0.25) is 9.58 Å². The maximum Gasteiger partial charge on any atom is 0.490 e. The van der Waals surface area contributed by atoms with Crippen LogP contribution in [0.25, 0.3) is 0 Å². The third-order valence-corrected chi connectivity index (χ3v) is 5.08. The van der Waals surface area contributed by atoms with Crippen molar-refractivity contribution in [1.29, 1.82) is 0 Å². The first-order chi connectivity index (χ1) is 14.3. The van der Waals surface area contributed by atoms with Gasteiger partial charge in [0.25, 0.3) is 0 Å². The second-order valence-corrected chi connectivity index (χ2v) is 8.81. The lowest BCUT2D eigenvalue weighted by molar-refractivity contribution is -0.192. The normalized spacial score (nSPS) is 16.9. The van der Waals surface area contributed by atoms with Gasteiger partial charge in [-0.15, -0.1) is 0 Å². The van der Waals surface area contributed by atoms with Crippen LogP contribution in [-0.2, 0) is 27.9 Å². The number of nitrogens with one attached hydrogen (secondary N) is 1. The summed E-state index contributed by atoms with van der Waals surface area (Å²) in [4.78, 5) is 11.2. The van der Waals surface area contributed by atoms with Gasteiger partial charge in [0, 0.05) is 32.4 Å². The van der Waals surface area contributed by atoms with E-state index in [1.54, 1.807) is 18.3 Å². The molecule has 172 valence electrons. The summed E-state index contributed by atoms with van der Waals surface area (Å²) < 4.78 is 71.7. The van der Waals surface area contributed by atoms with Gasteiger partial charge >= 0.3 is 12.1 Å². The number of carbonyl (C=O) groups is 1. The predicted octanol–water partition coefficient (Wildman–Crippen LogP) is 2.15. The first-order valence-corrected chi connectivity index (χ1v) is 11.0. The standard InChI is InChI=1S/C16H21FN4O2S.C2HF3O2/c1-24(22,23)19-9-7-16-12-20(11-15-6-8-18-21(15)16)10-13-2-4-14(17)5-3-13;3-2(4,5)1(6)7/h2-6,8,16,19H,7,9-12H2,1H3;(H,6,7). The number of benzene rings is 1. The fourth-order valence-corrected chi connectivity index (χ4v) is 3.55. The molecule has 1 aliphatic rings. The maximum atomic E-state index is 13.0. The van der Waals surface area contributed by atoms with Crippen LogP contribution in [0.3, 0.4) is 0 Å². The Kier molecular flexibility index (Phi) is 8.14. The number of sulfonamides is 1. The molecule has 0 saturated heterocycles. The monoisotopic (exact) mass is 466 g/mol. The lowest BCUT2D eigenvalue weighted by Gasteiger charge is -2.34. The lowest BCUT2D eigenvalue weighted by atomic mass is 10.1. The van der Waals surface area contributed by atoms with Gasteiger partial charge in [0.2, 0.25) is 10.0 Å².